The van der Waals surface area contributed by atoms with E-state index >= 15 is 0 Å². The fourth-order valence-corrected chi connectivity index (χ4v) is 1.47. The van der Waals surface area contributed by atoms with Crippen molar-refractivity contribution in [2.75, 3.05) is 0 Å². The second kappa shape index (κ2) is 3.51. The third kappa shape index (κ3) is 1.47. The van der Waals surface area contributed by atoms with E-state index in [2.05, 4.69) is 29.0 Å². The van der Waals surface area contributed by atoms with E-state index in [0.29, 0.717) is 0 Å². The quantitative estimate of drug-likeness (QED) is 0.569. The first kappa shape index (κ1) is 8.77. The molecule has 2 aromatic rings. The van der Waals surface area contributed by atoms with Crippen molar-refractivity contribution in [2.24, 2.45) is 0 Å². The molecule has 0 saturated heterocycles. The zero-order chi connectivity index (χ0) is 9.97. The highest BCUT2D eigenvalue weighted by Crippen LogP contribution is 2.15. The molecule has 0 aliphatic rings. The number of benzene rings is 1. The highest BCUT2D eigenvalue weighted by Gasteiger charge is 1.99. The van der Waals surface area contributed by atoms with Gasteiger partial charge in [-0.05, 0) is 26.0 Å². The first-order valence-corrected chi connectivity index (χ1v) is 4.60. The van der Waals surface area contributed by atoms with E-state index in [1.54, 1.807) is 0 Å². The molecule has 0 amide bonds. The van der Waals surface area contributed by atoms with Crippen LogP contribution in [0.5, 0.6) is 0 Å². The molecule has 1 heterocycles. The lowest BCUT2D eigenvalue weighted by Crippen LogP contribution is -1.88. The molecule has 2 rings (SSSR count). The number of para-hydroxylation sites is 1. The number of aryl methyl sites for hydroxylation is 1. The topological polar surface area (TPSA) is 12.9 Å². The van der Waals surface area contributed by atoms with Gasteiger partial charge in [0.15, 0.2) is 0 Å². The van der Waals surface area contributed by atoms with Crippen LogP contribution in [0.3, 0.4) is 0 Å². The van der Waals surface area contributed by atoms with Crippen LogP contribution in [0, 0.1) is 18.8 Å². The lowest BCUT2D eigenvalue weighted by atomic mass is 10.1. The zero-order valence-corrected chi connectivity index (χ0v) is 8.33. The number of pyridine rings is 1. The standard InChI is InChI=1S/C13H11N/c1-3-6-11-9-12-7-4-5-8-13(12)14-10(11)2/h4-5,7-9H,1-2H3. The molecule has 1 heteroatoms. The Hall–Kier alpha value is -1.81. The van der Waals surface area contributed by atoms with Crippen molar-refractivity contribution in [1.82, 2.24) is 4.98 Å². The molecule has 0 saturated carbocycles. The van der Waals surface area contributed by atoms with Gasteiger partial charge in [-0.25, -0.2) is 0 Å². The molecule has 1 aromatic heterocycles. The van der Waals surface area contributed by atoms with Gasteiger partial charge < -0.3 is 0 Å². The SMILES string of the molecule is CC#Cc1cc2ccccc2nc1C. The van der Waals surface area contributed by atoms with Crippen LogP contribution < -0.4 is 0 Å². The summed E-state index contributed by atoms with van der Waals surface area (Å²) in [5.74, 6) is 5.95. The lowest BCUT2D eigenvalue weighted by Gasteiger charge is -2.01. The van der Waals surface area contributed by atoms with E-state index in [1.165, 1.54) is 0 Å². The lowest BCUT2D eigenvalue weighted by molar-refractivity contribution is 1.24. The minimum absolute atomic E-state index is 0.998. The van der Waals surface area contributed by atoms with E-state index in [0.717, 1.165) is 22.2 Å². The van der Waals surface area contributed by atoms with Crippen LogP contribution in [-0.2, 0) is 0 Å². The summed E-state index contributed by atoms with van der Waals surface area (Å²) < 4.78 is 0. The van der Waals surface area contributed by atoms with E-state index in [9.17, 15) is 0 Å². The van der Waals surface area contributed by atoms with Crippen molar-refractivity contribution in [3.05, 3.63) is 41.6 Å². The van der Waals surface area contributed by atoms with E-state index in [-0.39, 0.29) is 0 Å². The second-order valence-electron chi connectivity index (χ2n) is 3.19. The van der Waals surface area contributed by atoms with Gasteiger partial charge in [0.1, 0.15) is 0 Å². The van der Waals surface area contributed by atoms with Crippen LogP contribution in [0.4, 0.5) is 0 Å². The Labute approximate surface area is 83.8 Å². The highest BCUT2D eigenvalue weighted by molar-refractivity contribution is 5.80. The van der Waals surface area contributed by atoms with Gasteiger partial charge in [0.2, 0.25) is 0 Å². The molecule has 0 radical (unpaired) electrons. The van der Waals surface area contributed by atoms with E-state index < -0.39 is 0 Å². The van der Waals surface area contributed by atoms with E-state index in [4.69, 9.17) is 0 Å². The fraction of sp³-hybridized carbons (Fsp3) is 0.154. The average Bonchev–Trinajstić information content (AvgIpc) is 2.19. The summed E-state index contributed by atoms with van der Waals surface area (Å²) in [5, 5.41) is 1.15. The van der Waals surface area contributed by atoms with Crippen LogP contribution in [0.25, 0.3) is 10.9 Å². The largest absolute Gasteiger partial charge is 0.252 e. The van der Waals surface area contributed by atoms with Crippen molar-refractivity contribution in [2.45, 2.75) is 13.8 Å². The molecule has 14 heavy (non-hydrogen) atoms. The summed E-state index contributed by atoms with van der Waals surface area (Å²) >= 11 is 0. The smallest absolute Gasteiger partial charge is 0.0706 e. The molecule has 1 aromatic carbocycles. The summed E-state index contributed by atoms with van der Waals surface area (Å²) in [6.45, 7) is 3.83. The van der Waals surface area contributed by atoms with Gasteiger partial charge in [-0.15, -0.1) is 5.92 Å². The summed E-state index contributed by atoms with van der Waals surface area (Å²) in [6.07, 6.45) is 0. The minimum atomic E-state index is 0.998. The molecule has 0 bridgehead atoms. The molecule has 0 unspecified atom stereocenters. The monoisotopic (exact) mass is 181 g/mol. The minimum Gasteiger partial charge on any atom is -0.252 e. The molecule has 0 N–H and O–H groups in total. The summed E-state index contributed by atoms with van der Waals surface area (Å²) in [7, 11) is 0. The maximum atomic E-state index is 4.49. The molecule has 0 atom stereocenters. The fourth-order valence-electron chi connectivity index (χ4n) is 1.47. The summed E-state index contributed by atoms with van der Waals surface area (Å²) in [4.78, 5) is 4.49. The van der Waals surface area contributed by atoms with Gasteiger partial charge in [0.25, 0.3) is 0 Å². The Bertz CT molecular complexity index is 530. The zero-order valence-electron chi connectivity index (χ0n) is 8.33. The van der Waals surface area contributed by atoms with Gasteiger partial charge in [-0.1, -0.05) is 24.1 Å². The van der Waals surface area contributed by atoms with Crippen molar-refractivity contribution in [3.63, 3.8) is 0 Å². The number of fused-ring (bicyclic) bond motifs is 1. The van der Waals surface area contributed by atoms with E-state index in [1.807, 2.05) is 32.0 Å². The van der Waals surface area contributed by atoms with Gasteiger partial charge in [0.05, 0.1) is 11.2 Å². The predicted octanol–water partition coefficient (Wildman–Crippen LogP) is 2.91. The third-order valence-electron chi connectivity index (χ3n) is 2.17. The third-order valence-corrected chi connectivity index (χ3v) is 2.17. The Morgan fingerprint density at radius 2 is 2.00 bits per heavy atom. The molecule has 1 nitrogen and oxygen atoms in total. The second-order valence-corrected chi connectivity index (χ2v) is 3.19. The first-order chi connectivity index (χ1) is 6.81. The first-order valence-electron chi connectivity index (χ1n) is 4.60. The van der Waals surface area contributed by atoms with Gasteiger partial charge in [0, 0.05) is 10.9 Å². The van der Waals surface area contributed by atoms with Crippen LogP contribution in [0.15, 0.2) is 30.3 Å². The molecule has 0 aliphatic carbocycles. The maximum Gasteiger partial charge on any atom is 0.0706 e. The van der Waals surface area contributed by atoms with Crippen molar-refractivity contribution in [3.8, 4) is 11.8 Å². The van der Waals surface area contributed by atoms with Crippen molar-refractivity contribution >= 4 is 10.9 Å². The molecule has 68 valence electrons. The Balaban J connectivity index is 2.75. The molecule has 0 spiro atoms. The molecular formula is C13H11N. The number of rotatable bonds is 0. The molecule has 0 fully saturated rings. The molecule has 0 aliphatic heterocycles. The Kier molecular flexibility index (Phi) is 2.20. The Morgan fingerprint density at radius 1 is 1.21 bits per heavy atom. The normalized spacial score (nSPS) is 9.57. The molecular weight excluding hydrogens is 170 g/mol. The van der Waals surface area contributed by atoms with Crippen LogP contribution in [-0.4, -0.2) is 4.98 Å². The predicted molar refractivity (Wildman–Crippen MR) is 59.0 cm³/mol. The van der Waals surface area contributed by atoms with Crippen LogP contribution in [0.2, 0.25) is 0 Å². The van der Waals surface area contributed by atoms with Crippen molar-refractivity contribution < 1.29 is 0 Å². The number of nitrogens with zero attached hydrogens (tertiary/aromatic N) is 1. The highest BCUT2D eigenvalue weighted by atomic mass is 14.7. The Morgan fingerprint density at radius 3 is 2.79 bits per heavy atom. The number of hydrogen-bond acceptors (Lipinski definition) is 1. The van der Waals surface area contributed by atoms with Gasteiger partial charge in [-0.2, -0.15) is 0 Å². The summed E-state index contributed by atoms with van der Waals surface area (Å²) in [5.41, 5.74) is 3.05. The van der Waals surface area contributed by atoms with Crippen molar-refractivity contribution in [1.29, 1.82) is 0 Å². The van der Waals surface area contributed by atoms with Crippen LogP contribution in [0.1, 0.15) is 18.2 Å². The average molecular weight is 181 g/mol. The van der Waals surface area contributed by atoms with Gasteiger partial charge >= 0.3 is 0 Å². The van der Waals surface area contributed by atoms with Gasteiger partial charge in [-0.3, -0.25) is 4.98 Å². The maximum absolute atomic E-state index is 4.49. The number of aromatic nitrogens is 1. The summed E-state index contributed by atoms with van der Waals surface area (Å²) in [6, 6.07) is 10.2. The van der Waals surface area contributed by atoms with Crippen LogP contribution >= 0.6 is 0 Å². The number of hydrogen-bond donors (Lipinski definition) is 0.